The Morgan fingerprint density at radius 3 is 1.94 bits per heavy atom. The molecule has 1 aliphatic rings. The van der Waals surface area contributed by atoms with Crippen molar-refractivity contribution < 1.29 is 9.47 Å². The lowest BCUT2D eigenvalue weighted by Crippen LogP contribution is -1.99. The fourth-order valence-corrected chi connectivity index (χ4v) is 5.72. The molecule has 2 heteroatoms. The van der Waals surface area contributed by atoms with Crippen molar-refractivity contribution in [3.63, 3.8) is 0 Å². The standard InChI is InChI=1S/C32H28O2/c1-4-5-15-22-25-18-27(33-2)28(34-3)19-26(25)30(21-11-7-6-8-12-21)32-24-17-10-14-20-13-9-16-23(29(20)24)31(22)32/h6-14,16-19H,4-5,15H2,1-3H3. The van der Waals surface area contributed by atoms with Gasteiger partial charge in [-0.3, -0.25) is 0 Å². The summed E-state index contributed by atoms with van der Waals surface area (Å²) in [6.07, 6.45) is 3.33. The van der Waals surface area contributed by atoms with Crippen LogP contribution in [0.2, 0.25) is 0 Å². The zero-order chi connectivity index (χ0) is 23.2. The lowest BCUT2D eigenvalue weighted by molar-refractivity contribution is 0.356. The normalized spacial score (nSPS) is 11.7. The number of hydrogen-bond acceptors (Lipinski definition) is 2. The van der Waals surface area contributed by atoms with Crippen molar-refractivity contribution in [2.24, 2.45) is 0 Å². The summed E-state index contributed by atoms with van der Waals surface area (Å²) in [5, 5.41) is 5.14. The van der Waals surface area contributed by atoms with E-state index in [0.717, 1.165) is 30.8 Å². The van der Waals surface area contributed by atoms with Crippen LogP contribution in [0.1, 0.15) is 25.3 Å². The van der Waals surface area contributed by atoms with Crippen molar-refractivity contribution >= 4 is 21.5 Å². The number of hydrogen-bond donors (Lipinski definition) is 0. The number of unbranched alkanes of at least 4 members (excludes halogenated alkanes) is 1. The highest BCUT2D eigenvalue weighted by Crippen LogP contribution is 2.56. The fraction of sp³-hybridized carbons (Fsp3) is 0.188. The predicted molar refractivity (Wildman–Crippen MR) is 143 cm³/mol. The maximum atomic E-state index is 5.77. The van der Waals surface area contributed by atoms with Gasteiger partial charge in [0.05, 0.1) is 14.2 Å². The van der Waals surface area contributed by atoms with Crippen LogP contribution in [-0.4, -0.2) is 14.2 Å². The summed E-state index contributed by atoms with van der Waals surface area (Å²) in [5.41, 5.74) is 9.33. The third-order valence-corrected chi connectivity index (χ3v) is 7.21. The molecule has 0 spiro atoms. The van der Waals surface area contributed by atoms with Gasteiger partial charge in [-0.05, 0) is 85.5 Å². The van der Waals surface area contributed by atoms with E-state index in [9.17, 15) is 0 Å². The van der Waals surface area contributed by atoms with Crippen LogP contribution in [-0.2, 0) is 6.42 Å². The van der Waals surface area contributed by atoms with Crippen LogP contribution in [0.4, 0.5) is 0 Å². The summed E-state index contributed by atoms with van der Waals surface area (Å²) >= 11 is 0. The number of benzene rings is 5. The Kier molecular flexibility index (Phi) is 5.03. The van der Waals surface area contributed by atoms with E-state index >= 15 is 0 Å². The van der Waals surface area contributed by atoms with Gasteiger partial charge in [-0.2, -0.15) is 0 Å². The fourth-order valence-electron chi connectivity index (χ4n) is 5.72. The Labute approximate surface area is 200 Å². The SMILES string of the molecule is CCCCc1c2c(c(-c3ccccc3)c3cc(OC)c(OC)cc13)-c1cccc3cccc-2c13. The number of methoxy groups -OCH3 is 2. The second-order valence-electron chi connectivity index (χ2n) is 9.04. The van der Waals surface area contributed by atoms with Crippen molar-refractivity contribution in [1.82, 2.24) is 0 Å². The monoisotopic (exact) mass is 444 g/mol. The third kappa shape index (κ3) is 2.95. The van der Waals surface area contributed by atoms with Crippen LogP contribution in [0, 0.1) is 0 Å². The van der Waals surface area contributed by atoms with Crippen LogP contribution in [0.15, 0.2) is 78.9 Å². The molecule has 0 fully saturated rings. The van der Waals surface area contributed by atoms with E-state index in [1.807, 2.05) is 0 Å². The van der Waals surface area contributed by atoms with E-state index in [-0.39, 0.29) is 0 Å². The zero-order valence-corrected chi connectivity index (χ0v) is 19.9. The number of aryl methyl sites for hydroxylation is 1. The molecule has 0 bridgehead atoms. The first-order valence-electron chi connectivity index (χ1n) is 12.1. The molecule has 0 N–H and O–H groups in total. The van der Waals surface area contributed by atoms with E-state index in [2.05, 4.69) is 85.8 Å². The topological polar surface area (TPSA) is 18.5 Å². The summed E-state index contributed by atoms with van der Waals surface area (Å²) in [7, 11) is 3.44. The highest BCUT2D eigenvalue weighted by atomic mass is 16.5. The smallest absolute Gasteiger partial charge is 0.161 e. The van der Waals surface area contributed by atoms with Crippen molar-refractivity contribution in [3.8, 4) is 44.9 Å². The third-order valence-electron chi connectivity index (χ3n) is 7.21. The molecule has 34 heavy (non-hydrogen) atoms. The highest BCUT2D eigenvalue weighted by Gasteiger charge is 2.30. The molecular weight excluding hydrogens is 416 g/mol. The van der Waals surface area contributed by atoms with Crippen molar-refractivity contribution in [1.29, 1.82) is 0 Å². The first-order chi connectivity index (χ1) is 16.8. The van der Waals surface area contributed by atoms with E-state index in [4.69, 9.17) is 9.47 Å². The Morgan fingerprint density at radius 1 is 0.647 bits per heavy atom. The van der Waals surface area contributed by atoms with Crippen LogP contribution >= 0.6 is 0 Å². The minimum absolute atomic E-state index is 0.766. The molecule has 1 aliphatic carbocycles. The molecule has 0 aromatic heterocycles. The van der Waals surface area contributed by atoms with Gasteiger partial charge < -0.3 is 9.47 Å². The van der Waals surface area contributed by atoms with Crippen LogP contribution in [0.25, 0.3) is 54.9 Å². The van der Waals surface area contributed by atoms with Crippen LogP contribution < -0.4 is 9.47 Å². The van der Waals surface area contributed by atoms with E-state index in [1.165, 1.54) is 60.5 Å². The average Bonchev–Trinajstić information content (AvgIpc) is 3.22. The van der Waals surface area contributed by atoms with E-state index in [0.29, 0.717) is 0 Å². The molecule has 0 radical (unpaired) electrons. The molecule has 2 nitrogen and oxygen atoms in total. The summed E-state index contributed by atoms with van der Waals surface area (Å²) in [5.74, 6) is 1.54. The van der Waals surface area contributed by atoms with Crippen LogP contribution in [0.3, 0.4) is 0 Å². The summed E-state index contributed by atoms with van der Waals surface area (Å²) in [6, 6.07) is 28.6. The quantitative estimate of drug-likeness (QED) is 0.256. The first kappa shape index (κ1) is 20.8. The van der Waals surface area contributed by atoms with E-state index < -0.39 is 0 Å². The van der Waals surface area contributed by atoms with Gasteiger partial charge in [0, 0.05) is 0 Å². The minimum Gasteiger partial charge on any atom is -0.493 e. The molecule has 5 aromatic rings. The van der Waals surface area contributed by atoms with Crippen LogP contribution in [0.5, 0.6) is 11.5 Å². The maximum Gasteiger partial charge on any atom is 0.161 e. The van der Waals surface area contributed by atoms with Gasteiger partial charge in [0.25, 0.3) is 0 Å². The van der Waals surface area contributed by atoms with Gasteiger partial charge >= 0.3 is 0 Å². The number of rotatable bonds is 6. The molecule has 0 saturated carbocycles. The molecule has 0 amide bonds. The Balaban J connectivity index is 1.86. The second kappa shape index (κ2) is 8.22. The molecule has 168 valence electrons. The lowest BCUT2D eigenvalue weighted by atomic mass is 9.83. The lowest BCUT2D eigenvalue weighted by Gasteiger charge is -2.21. The first-order valence-corrected chi connectivity index (χ1v) is 12.1. The van der Waals surface area contributed by atoms with Crippen molar-refractivity contribution in [2.45, 2.75) is 26.2 Å². The van der Waals surface area contributed by atoms with Gasteiger partial charge in [0.2, 0.25) is 0 Å². The number of fused-ring (bicyclic) bond motifs is 4. The van der Waals surface area contributed by atoms with Crippen molar-refractivity contribution in [3.05, 3.63) is 84.4 Å². The summed E-state index contributed by atoms with van der Waals surface area (Å²) in [6.45, 7) is 2.26. The summed E-state index contributed by atoms with van der Waals surface area (Å²) < 4.78 is 11.5. The average molecular weight is 445 g/mol. The van der Waals surface area contributed by atoms with Gasteiger partial charge in [-0.25, -0.2) is 0 Å². The minimum atomic E-state index is 0.766. The zero-order valence-electron chi connectivity index (χ0n) is 19.9. The second-order valence-corrected chi connectivity index (χ2v) is 9.04. The number of ether oxygens (including phenoxy) is 2. The van der Waals surface area contributed by atoms with Gasteiger partial charge in [0.15, 0.2) is 11.5 Å². The largest absolute Gasteiger partial charge is 0.493 e. The Bertz CT molecular complexity index is 1540. The van der Waals surface area contributed by atoms with E-state index in [1.54, 1.807) is 14.2 Å². The Morgan fingerprint density at radius 2 is 1.29 bits per heavy atom. The molecular formula is C32H28O2. The molecule has 0 aliphatic heterocycles. The summed E-state index contributed by atoms with van der Waals surface area (Å²) in [4.78, 5) is 0. The Hall–Kier alpha value is -3.78. The van der Waals surface area contributed by atoms with Crippen molar-refractivity contribution in [2.75, 3.05) is 14.2 Å². The molecule has 0 heterocycles. The predicted octanol–water partition coefficient (Wildman–Crippen LogP) is 8.67. The maximum absolute atomic E-state index is 5.77. The van der Waals surface area contributed by atoms with Gasteiger partial charge in [0.1, 0.15) is 0 Å². The molecule has 0 saturated heterocycles. The molecule has 6 rings (SSSR count). The highest BCUT2D eigenvalue weighted by molar-refractivity contribution is 6.24. The van der Waals surface area contributed by atoms with Gasteiger partial charge in [-0.15, -0.1) is 0 Å². The molecule has 0 unspecified atom stereocenters. The molecule has 5 aromatic carbocycles. The van der Waals surface area contributed by atoms with Gasteiger partial charge in [-0.1, -0.05) is 80.1 Å². The molecule has 0 atom stereocenters.